The maximum Gasteiger partial charge on any atom is 0.453 e. The number of hydrogen-bond donors (Lipinski definition) is 1. The Hall–Kier alpha value is -3.36. The van der Waals surface area contributed by atoms with E-state index in [4.69, 9.17) is 9.47 Å². The molecule has 3 aromatic carbocycles. The first kappa shape index (κ1) is 32.2. The Morgan fingerprint density at radius 1 is 0.780 bits per heavy atom. The molecule has 0 bridgehead atoms. The lowest BCUT2D eigenvalue weighted by molar-refractivity contribution is -0.284. The van der Waals surface area contributed by atoms with Crippen molar-refractivity contribution in [2.75, 3.05) is 14.2 Å². The van der Waals surface area contributed by atoms with Gasteiger partial charge in [-0.15, -0.1) is 0 Å². The van der Waals surface area contributed by atoms with E-state index >= 15 is 0 Å². The number of ether oxygens (including phenoxy) is 2. The summed E-state index contributed by atoms with van der Waals surface area (Å²) in [5, 5.41) is 11.6. The van der Waals surface area contributed by atoms with Crippen molar-refractivity contribution in [1.29, 1.82) is 0 Å². The van der Waals surface area contributed by atoms with Crippen molar-refractivity contribution < 1.29 is 41.3 Å². The molecule has 0 aliphatic heterocycles. The number of fused-ring (bicyclic) bond motifs is 1. The Bertz CT molecular complexity index is 1270. The van der Waals surface area contributed by atoms with E-state index in [1.54, 1.807) is 14.2 Å². The van der Waals surface area contributed by atoms with E-state index < -0.39 is 36.8 Å². The molecular formula is C32H37F5O4. The average molecular weight is 581 g/mol. The first-order valence-corrected chi connectivity index (χ1v) is 13.9. The van der Waals surface area contributed by atoms with Crippen LogP contribution in [0.25, 0.3) is 21.9 Å². The highest BCUT2D eigenvalue weighted by atomic mass is 19.4. The fourth-order valence-electron chi connectivity index (χ4n) is 5.14. The molecule has 9 heteroatoms. The van der Waals surface area contributed by atoms with Crippen molar-refractivity contribution in [3.8, 4) is 22.6 Å². The summed E-state index contributed by atoms with van der Waals surface area (Å²) in [6.45, 7) is 0. The molecule has 0 heterocycles. The van der Waals surface area contributed by atoms with Crippen LogP contribution < -0.4 is 9.47 Å². The van der Waals surface area contributed by atoms with E-state index in [1.807, 2.05) is 36.4 Å². The van der Waals surface area contributed by atoms with Gasteiger partial charge in [-0.1, -0.05) is 56.0 Å². The van der Waals surface area contributed by atoms with Crippen LogP contribution in [0, 0.1) is 5.92 Å². The first-order chi connectivity index (χ1) is 19.5. The van der Waals surface area contributed by atoms with Crippen molar-refractivity contribution in [2.24, 2.45) is 5.92 Å². The number of hydrogen-bond acceptors (Lipinski definition) is 3. The number of carboxylic acids is 1. The number of halogens is 5. The highest BCUT2D eigenvalue weighted by molar-refractivity contribution is 5.92. The molecule has 0 fully saturated rings. The molecule has 0 saturated carbocycles. The number of aryl methyl sites for hydroxylation is 1. The predicted octanol–water partition coefficient (Wildman–Crippen LogP) is 9.48. The zero-order valence-electron chi connectivity index (χ0n) is 23.4. The summed E-state index contributed by atoms with van der Waals surface area (Å²) < 4.78 is 74.0. The van der Waals surface area contributed by atoms with Crippen LogP contribution in [-0.4, -0.2) is 37.4 Å². The standard InChI is InChI=1S/C32H37F5O4/c1-40-25-15-12-22(13-16-25)27-18-14-24-21-26(41-2)17-19-28(24)29(27)11-7-5-3-4-6-9-23(30(38)39)10-8-20-31(33,34)32(35,36)37/h12-19,21,23H,3-11,20H2,1-2H3,(H,38,39). The van der Waals surface area contributed by atoms with Gasteiger partial charge in [0.25, 0.3) is 0 Å². The van der Waals surface area contributed by atoms with Crippen LogP contribution in [0.5, 0.6) is 11.5 Å². The van der Waals surface area contributed by atoms with Crippen LogP contribution in [0.3, 0.4) is 0 Å². The molecule has 224 valence electrons. The van der Waals surface area contributed by atoms with E-state index in [2.05, 4.69) is 18.2 Å². The van der Waals surface area contributed by atoms with Crippen LogP contribution in [0.15, 0.2) is 54.6 Å². The lowest BCUT2D eigenvalue weighted by Gasteiger charge is -2.20. The van der Waals surface area contributed by atoms with E-state index in [1.165, 1.54) is 5.56 Å². The smallest absolute Gasteiger partial charge is 0.453 e. The van der Waals surface area contributed by atoms with E-state index in [9.17, 15) is 31.9 Å². The molecule has 3 rings (SSSR count). The van der Waals surface area contributed by atoms with Crippen LogP contribution in [0.4, 0.5) is 22.0 Å². The minimum atomic E-state index is -5.61. The molecule has 0 aliphatic carbocycles. The van der Waals surface area contributed by atoms with Gasteiger partial charge in [-0.2, -0.15) is 22.0 Å². The second-order valence-electron chi connectivity index (χ2n) is 10.3. The van der Waals surface area contributed by atoms with Crippen LogP contribution in [-0.2, 0) is 11.2 Å². The fraction of sp³-hybridized carbons (Fsp3) is 0.469. The van der Waals surface area contributed by atoms with E-state index in [0.717, 1.165) is 65.5 Å². The van der Waals surface area contributed by atoms with Crippen molar-refractivity contribution >= 4 is 16.7 Å². The summed E-state index contributed by atoms with van der Waals surface area (Å²) in [6.07, 6.45) is -2.52. The second kappa shape index (κ2) is 14.5. The molecule has 1 atom stereocenters. The molecule has 0 aliphatic rings. The maximum atomic E-state index is 13.1. The van der Waals surface area contributed by atoms with Crippen molar-refractivity contribution in [2.45, 2.75) is 76.3 Å². The van der Waals surface area contributed by atoms with Gasteiger partial charge < -0.3 is 14.6 Å². The Labute approximate surface area is 237 Å². The minimum Gasteiger partial charge on any atom is -0.497 e. The first-order valence-electron chi connectivity index (χ1n) is 13.9. The summed E-state index contributed by atoms with van der Waals surface area (Å²) >= 11 is 0. The van der Waals surface area contributed by atoms with Gasteiger partial charge in [0.05, 0.1) is 20.1 Å². The topological polar surface area (TPSA) is 55.8 Å². The number of carboxylic acid groups (broad SMARTS) is 1. The third-order valence-corrected chi connectivity index (χ3v) is 7.53. The quantitative estimate of drug-likeness (QED) is 0.135. The van der Waals surface area contributed by atoms with Crippen LogP contribution >= 0.6 is 0 Å². The number of rotatable bonds is 16. The summed E-state index contributed by atoms with van der Waals surface area (Å²) in [6, 6.07) is 18.2. The second-order valence-corrected chi connectivity index (χ2v) is 10.3. The molecule has 4 nitrogen and oxygen atoms in total. The Morgan fingerprint density at radius 2 is 1.39 bits per heavy atom. The largest absolute Gasteiger partial charge is 0.497 e. The van der Waals surface area contributed by atoms with Gasteiger partial charge in [-0.05, 0) is 83.8 Å². The van der Waals surface area contributed by atoms with E-state index in [-0.39, 0.29) is 12.8 Å². The third kappa shape index (κ3) is 8.81. The zero-order valence-corrected chi connectivity index (χ0v) is 23.4. The highest BCUT2D eigenvalue weighted by Gasteiger charge is 2.56. The third-order valence-electron chi connectivity index (χ3n) is 7.53. The van der Waals surface area contributed by atoms with Gasteiger partial charge in [0.2, 0.25) is 0 Å². The van der Waals surface area contributed by atoms with Gasteiger partial charge in [0, 0.05) is 6.42 Å². The fourth-order valence-corrected chi connectivity index (χ4v) is 5.14. The van der Waals surface area contributed by atoms with Gasteiger partial charge in [-0.3, -0.25) is 4.79 Å². The Morgan fingerprint density at radius 3 is 2.02 bits per heavy atom. The van der Waals surface area contributed by atoms with Crippen molar-refractivity contribution in [1.82, 2.24) is 0 Å². The van der Waals surface area contributed by atoms with Crippen LogP contribution in [0.1, 0.15) is 63.4 Å². The molecule has 0 amide bonds. The number of methoxy groups -OCH3 is 2. The monoisotopic (exact) mass is 580 g/mol. The summed E-state index contributed by atoms with van der Waals surface area (Å²) in [4.78, 5) is 11.5. The number of alkyl halides is 5. The number of aliphatic carboxylic acids is 1. The molecule has 0 aromatic heterocycles. The average Bonchev–Trinajstić information content (AvgIpc) is 2.94. The normalized spacial score (nSPS) is 12.9. The van der Waals surface area contributed by atoms with Gasteiger partial charge in [-0.25, -0.2) is 0 Å². The maximum absolute atomic E-state index is 13.1. The number of unbranched alkanes of at least 4 members (excludes halogenated alkanes) is 4. The van der Waals surface area contributed by atoms with Crippen molar-refractivity contribution in [3.63, 3.8) is 0 Å². The SMILES string of the molecule is COc1ccc(-c2ccc3cc(OC)ccc3c2CCCCCCCC(CCCC(F)(F)C(F)(F)F)C(=O)O)cc1. The molecule has 0 radical (unpaired) electrons. The molecule has 3 aromatic rings. The van der Waals surface area contributed by atoms with Crippen molar-refractivity contribution in [3.05, 3.63) is 60.2 Å². The summed E-state index contributed by atoms with van der Waals surface area (Å²) in [5.41, 5.74) is 3.47. The lowest BCUT2D eigenvalue weighted by atomic mass is 9.90. The number of carbonyl (C=O) groups is 1. The molecule has 0 saturated heterocycles. The summed E-state index contributed by atoms with van der Waals surface area (Å²) in [5.74, 6) is -5.29. The molecule has 41 heavy (non-hydrogen) atoms. The van der Waals surface area contributed by atoms with Gasteiger partial charge >= 0.3 is 18.1 Å². The minimum absolute atomic E-state index is 0.193. The predicted molar refractivity (Wildman–Crippen MR) is 150 cm³/mol. The molecular weight excluding hydrogens is 543 g/mol. The molecule has 1 N–H and O–H groups in total. The van der Waals surface area contributed by atoms with Crippen LogP contribution in [0.2, 0.25) is 0 Å². The zero-order chi connectivity index (χ0) is 30.0. The van der Waals surface area contributed by atoms with Gasteiger partial charge in [0.1, 0.15) is 11.5 Å². The Kier molecular flexibility index (Phi) is 11.4. The number of benzene rings is 3. The molecule has 0 spiro atoms. The van der Waals surface area contributed by atoms with Gasteiger partial charge in [0.15, 0.2) is 0 Å². The molecule has 1 unspecified atom stereocenters. The Balaban J connectivity index is 1.54. The van der Waals surface area contributed by atoms with E-state index in [0.29, 0.717) is 6.42 Å². The summed E-state index contributed by atoms with van der Waals surface area (Å²) in [7, 11) is 3.27. The highest BCUT2D eigenvalue weighted by Crippen LogP contribution is 2.40. The lowest BCUT2D eigenvalue weighted by Crippen LogP contribution is -2.36.